The van der Waals surface area contributed by atoms with Crippen molar-refractivity contribution in [1.82, 2.24) is 21.3 Å². The fourth-order valence-electron chi connectivity index (χ4n) is 1.35. The average Bonchev–Trinajstić information content (AvgIpc) is 2.26. The van der Waals surface area contributed by atoms with Crippen LogP contribution in [0.4, 0.5) is 0 Å². The van der Waals surface area contributed by atoms with Crippen LogP contribution in [-0.2, 0) is 9.59 Å². The van der Waals surface area contributed by atoms with Crippen molar-refractivity contribution in [1.29, 1.82) is 0 Å². The van der Waals surface area contributed by atoms with E-state index in [1.54, 1.807) is 0 Å². The Morgan fingerprint density at radius 3 is 2.60 bits per heavy atom. The van der Waals surface area contributed by atoms with Crippen molar-refractivity contribution in [3.63, 3.8) is 0 Å². The topological polar surface area (TPSA) is 82.3 Å². The molecule has 0 aliphatic carbocycles. The van der Waals surface area contributed by atoms with Crippen LogP contribution in [0, 0.1) is 0 Å². The van der Waals surface area contributed by atoms with Gasteiger partial charge >= 0.3 is 0 Å². The predicted molar refractivity (Wildman–Crippen MR) is 56.3 cm³/mol. The monoisotopic (exact) mass is 214 g/mol. The molecule has 15 heavy (non-hydrogen) atoms. The van der Waals surface area contributed by atoms with Crippen molar-refractivity contribution in [2.45, 2.75) is 19.0 Å². The van der Waals surface area contributed by atoms with Crippen molar-refractivity contribution >= 4 is 11.8 Å². The zero-order valence-electron chi connectivity index (χ0n) is 9.09. The second-order valence-corrected chi connectivity index (χ2v) is 3.66. The minimum Gasteiger partial charge on any atom is -0.358 e. The third kappa shape index (κ3) is 3.85. The van der Waals surface area contributed by atoms with Gasteiger partial charge in [0.15, 0.2) is 0 Å². The molecular formula is C9H18N4O2. The number of hydrogen-bond acceptors (Lipinski definition) is 4. The summed E-state index contributed by atoms with van der Waals surface area (Å²) in [6.07, 6.45) is 0. The third-order valence-corrected chi connectivity index (χ3v) is 2.36. The van der Waals surface area contributed by atoms with Crippen LogP contribution in [0.15, 0.2) is 0 Å². The van der Waals surface area contributed by atoms with E-state index in [4.69, 9.17) is 0 Å². The van der Waals surface area contributed by atoms with E-state index >= 15 is 0 Å². The first-order valence-corrected chi connectivity index (χ1v) is 5.08. The first-order chi connectivity index (χ1) is 7.13. The van der Waals surface area contributed by atoms with E-state index in [9.17, 15) is 9.59 Å². The summed E-state index contributed by atoms with van der Waals surface area (Å²) in [5, 5.41) is 11.3. The molecule has 2 atom stereocenters. The fourth-order valence-corrected chi connectivity index (χ4v) is 1.35. The zero-order valence-corrected chi connectivity index (χ0v) is 9.09. The van der Waals surface area contributed by atoms with E-state index in [1.807, 2.05) is 6.92 Å². The highest BCUT2D eigenvalue weighted by molar-refractivity contribution is 5.87. The molecule has 0 radical (unpaired) electrons. The molecule has 2 amide bonds. The Morgan fingerprint density at radius 2 is 2.07 bits per heavy atom. The van der Waals surface area contributed by atoms with Gasteiger partial charge < -0.3 is 21.3 Å². The number of carbonyl (C=O) groups excluding carboxylic acids is 2. The first kappa shape index (κ1) is 11.9. The van der Waals surface area contributed by atoms with Crippen LogP contribution in [0.2, 0.25) is 0 Å². The van der Waals surface area contributed by atoms with Gasteiger partial charge in [-0.25, -0.2) is 0 Å². The summed E-state index contributed by atoms with van der Waals surface area (Å²) in [5.41, 5.74) is 0. The fraction of sp³-hybridized carbons (Fsp3) is 0.778. The van der Waals surface area contributed by atoms with E-state index in [2.05, 4.69) is 21.3 Å². The number of amides is 2. The van der Waals surface area contributed by atoms with Gasteiger partial charge in [0, 0.05) is 26.2 Å². The molecule has 1 rings (SSSR count). The smallest absolute Gasteiger partial charge is 0.239 e. The van der Waals surface area contributed by atoms with E-state index in [-0.39, 0.29) is 24.4 Å². The van der Waals surface area contributed by atoms with Gasteiger partial charge in [0.1, 0.15) is 0 Å². The molecule has 1 aliphatic heterocycles. The summed E-state index contributed by atoms with van der Waals surface area (Å²) in [4.78, 5) is 22.4. The maximum Gasteiger partial charge on any atom is 0.239 e. The molecule has 6 heteroatoms. The van der Waals surface area contributed by atoms with E-state index < -0.39 is 0 Å². The lowest BCUT2D eigenvalue weighted by molar-refractivity contribution is -0.127. The second-order valence-electron chi connectivity index (χ2n) is 3.66. The predicted octanol–water partition coefficient (Wildman–Crippen LogP) is -2.20. The summed E-state index contributed by atoms with van der Waals surface area (Å²) < 4.78 is 0. The summed E-state index contributed by atoms with van der Waals surface area (Å²) in [6.45, 7) is 3.44. The molecule has 86 valence electrons. The quantitative estimate of drug-likeness (QED) is 0.430. The van der Waals surface area contributed by atoms with Crippen molar-refractivity contribution in [3.8, 4) is 0 Å². The van der Waals surface area contributed by atoms with Gasteiger partial charge in [0.25, 0.3) is 0 Å². The van der Waals surface area contributed by atoms with Gasteiger partial charge in [0.05, 0.1) is 12.6 Å². The number of hydrogen-bond donors (Lipinski definition) is 4. The number of carbonyl (C=O) groups is 2. The largest absolute Gasteiger partial charge is 0.358 e. The van der Waals surface area contributed by atoms with Crippen LogP contribution in [0.25, 0.3) is 0 Å². The van der Waals surface area contributed by atoms with Crippen LogP contribution in [0.5, 0.6) is 0 Å². The van der Waals surface area contributed by atoms with Crippen molar-refractivity contribution in [3.05, 3.63) is 0 Å². The highest BCUT2D eigenvalue weighted by atomic mass is 16.2. The van der Waals surface area contributed by atoms with Gasteiger partial charge in [-0.1, -0.05) is 0 Å². The van der Waals surface area contributed by atoms with Crippen LogP contribution in [0.3, 0.4) is 0 Å². The lowest BCUT2D eigenvalue weighted by Gasteiger charge is -2.28. The third-order valence-electron chi connectivity index (χ3n) is 2.36. The molecule has 1 fully saturated rings. The Kier molecular flexibility index (Phi) is 4.51. The van der Waals surface area contributed by atoms with Crippen LogP contribution < -0.4 is 21.3 Å². The molecular weight excluding hydrogens is 196 g/mol. The van der Waals surface area contributed by atoms with Gasteiger partial charge in [-0.05, 0) is 6.92 Å². The van der Waals surface area contributed by atoms with Gasteiger partial charge in [-0.3, -0.25) is 9.59 Å². The Labute approximate surface area is 89.2 Å². The molecule has 2 unspecified atom stereocenters. The Morgan fingerprint density at radius 1 is 1.33 bits per heavy atom. The van der Waals surface area contributed by atoms with E-state index in [0.717, 1.165) is 6.54 Å². The second kappa shape index (κ2) is 5.67. The first-order valence-electron chi connectivity index (χ1n) is 5.08. The highest BCUT2D eigenvalue weighted by Gasteiger charge is 2.22. The number of nitrogens with one attached hydrogen (secondary N) is 4. The lowest BCUT2D eigenvalue weighted by Crippen LogP contribution is -2.59. The molecule has 6 nitrogen and oxygen atoms in total. The van der Waals surface area contributed by atoms with E-state index in [1.165, 1.54) is 7.05 Å². The summed E-state index contributed by atoms with van der Waals surface area (Å²) in [6, 6.07) is 0.138. The summed E-state index contributed by atoms with van der Waals surface area (Å²) in [5.74, 6) is -0.335. The summed E-state index contributed by atoms with van der Waals surface area (Å²) >= 11 is 0. The maximum atomic E-state index is 11.5. The minimum absolute atomic E-state index is 0.0308. The highest BCUT2D eigenvalue weighted by Crippen LogP contribution is 1.92. The SMILES string of the molecule is CNC(=O)CNC(=O)C1CNC(C)CN1. The Hall–Kier alpha value is -1.14. The van der Waals surface area contributed by atoms with Gasteiger partial charge in [-0.15, -0.1) is 0 Å². The van der Waals surface area contributed by atoms with Crippen molar-refractivity contribution in [2.75, 3.05) is 26.7 Å². The normalized spacial score (nSPS) is 25.7. The summed E-state index contributed by atoms with van der Waals surface area (Å²) in [7, 11) is 1.54. The number of likely N-dealkylation sites (N-methyl/N-ethyl adjacent to an activating group) is 1. The van der Waals surface area contributed by atoms with Crippen LogP contribution >= 0.6 is 0 Å². The molecule has 0 aromatic carbocycles. The van der Waals surface area contributed by atoms with Crippen LogP contribution in [0.1, 0.15) is 6.92 Å². The molecule has 0 aromatic heterocycles. The van der Waals surface area contributed by atoms with Gasteiger partial charge in [-0.2, -0.15) is 0 Å². The molecule has 1 heterocycles. The Bertz CT molecular complexity index is 236. The molecule has 1 saturated heterocycles. The molecule has 0 bridgehead atoms. The average molecular weight is 214 g/mol. The molecule has 1 aliphatic rings. The molecule has 0 aromatic rings. The van der Waals surface area contributed by atoms with Gasteiger partial charge in [0.2, 0.25) is 11.8 Å². The standard InChI is InChI=1S/C9H18N4O2/c1-6-3-12-7(4-11-6)9(15)13-5-8(14)10-2/h6-7,11-12H,3-5H2,1-2H3,(H,10,14)(H,13,15). The number of rotatable bonds is 3. The van der Waals surface area contributed by atoms with E-state index in [0.29, 0.717) is 12.6 Å². The van der Waals surface area contributed by atoms with Crippen molar-refractivity contribution < 1.29 is 9.59 Å². The maximum absolute atomic E-state index is 11.5. The van der Waals surface area contributed by atoms with Crippen molar-refractivity contribution in [2.24, 2.45) is 0 Å². The number of piperazine rings is 1. The molecule has 0 saturated carbocycles. The minimum atomic E-state index is -0.245. The van der Waals surface area contributed by atoms with Crippen LogP contribution in [-0.4, -0.2) is 50.6 Å². The Balaban J connectivity index is 2.25. The molecule has 4 N–H and O–H groups in total. The lowest BCUT2D eigenvalue weighted by atomic mass is 10.1. The zero-order chi connectivity index (χ0) is 11.3. The molecule has 0 spiro atoms.